The standard InChI is InChI=1S/C27H26N2O4S/c1-2-31-23-11-6-12-24-25(23)28-27(34-24)29(18-22-10-7-17-32-22)26(30)19-13-15-21(16-14-19)33-20-8-4-3-5-9-20/h3-6,8-9,11-16,22H,2,7,10,17-18H2,1H3. The highest BCUT2D eigenvalue weighted by Gasteiger charge is 2.27. The third-order valence-corrected chi connectivity index (χ3v) is 6.68. The van der Waals surface area contributed by atoms with E-state index in [9.17, 15) is 4.79 Å². The van der Waals surface area contributed by atoms with Crippen LogP contribution in [0.1, 0.15) is 30.1 Å². The minimum atomic E-state index is -0.112. The number of carbonyl (C=O) groups is 1. The van der Waals surface area contributed by atoms with Gasteiger partial charge in [-0.25, -0.2) is 4.98 Å². The molecule has 1 unspecified atom stereocenters. The van der Waals surface area contributed by atoms with Gasteiger partial charge in [0, 0.05) is 12.2 Å². The van der Waals surface area contributed by atoms with E-state index < -0.39 is 0 Å². The number of thiazole rings is 1. The van der Waals surface area contributed by atoms with Crippen molar-refractivity contribution in [3.05, 3.63) is 78.4 Å². The molecule has 1 aromatic heterocycles. The van der Waals surface area contributed by atoms with Crippen LogP contribution in [0.4, 0.5) is 5.13 Å². The topological polar surface area (TPSA) is 60.9 Å². The normalized spacial score (nSPS) is 15.4. The van der Waals surface area contributed by atoms with Gasteiger partial charge in [0.25, 0.3) is 5.91 Å². The van der Waals surface area contributed by atoms with E-state index in [0.29, 0.717) is 29.6 Å². The zero-order chi connectivity index (χ0) is 23.3. The van der Waals surface area contributed by atoms with Crippen LogP contribution in [-0.4, -0.2) is 36.8 Å². The summed E-state index contributed by atoms with van der Waals surface area (Å²) in [5, 5.41) is 0.646. The third kappa shape index (κ3) is 4.90. The van der Waals surface area contributed by atoms with Crippen molar-refractivity contribution in [2.45, 2.75) is 25.9 Å². The number of nitrogens with zero attached hydrogens (tertiary/aromatic N) is 2. The summed E-state index contributed by atoms with van der Waals surface area (Å²) in [7, 11) is 0. The molecule has 1 atom stereocenters. The number of anilines is 1. The van der Waals surface area contributed by atoms with Crippen LogP contribution in [-0.2, 0) is 4.74 Å². The lowest BCUT2D eigenvalue weighted by Gasteiger charge is -2.23. The molecule has 1 aliphatic rings. The Hall–Kier alpha value is -3.42. The Bertz CT molecular complexity index is 1250. The van der Waals surface area contributed by atoms with Crippen molar-refractivity contribution in [2.75, 3.05) is 24.7 Å². The predicted octanol–water partition coefficient (Wildman–Crippen LogP) is 6.31. The highest BCUT2D eigenvalue weighted by atomic mass is 32.1. The molecule has 3 aromatic carbocycles. The predicted molar refractivity (Wildman–Crippen MR) is 134 cm³/mol. The van der Waals surface area contributed by atoms with E-state index >= 15 is 0 Å². The summed E-state index contributed by atoms with van der Waals surface area (Å²) in [6, 6.07) is 22.7. The van der Waals surface area contributed by atoms with Crippen molar-refractivity contribution in [1.82, 2.24) is 4.98 Å². The monoisotopic (exact) mass is 474 g/mol. The molecule has 5 rings (SSSR count). The molecular formula is C27H26N2O4S. The van der Waals surface area contributed by atoms with Gasteiger partial charge in [0.1, 0.15) is 22.8 Å². The van der Waals surface area contributed by atoms with E-state index in [0.717, 1.165) is 41.2 Å². The molecular weight excluding hydrogens is 448 g/mol. The third-order valence-electron chi connectivity index (χ3n) is 5.64. The molecule has 1 saturated heterocycles. The van der Waals surface area contributed by atoms with E-state index in [-0.39, 0.29) is 12.0 Å². The first-order chi connectivity index (χ1) is 16.7. The van der Waals surface area contributed by atoms with Gasteiger partial charge in [-0.05, 0) is 68.3 Å². The molecule has 0 saturated carbocycles. The van der Waals surface area contributed by atoms with Crippen LogP contribution in [0.5, 0.6) is 17.2 Å². The summed E-state index contributed by atoms with van der Waals surface area (Å²) in [5.74, 6) is 2.05. The first-order valence-electron chi connectivity index (χ1n) is 11.5. The fraction of sp³-hybridized carbons (Fsp3) is 0.259. The maximum Gasteiger partial charge on any atom is 0.260 e. The number of hydrogen-bond acceptors (Lipinski definition) is 6. The number of carbonyl (C=O) groups excluding carboxylic acids is 1. The summed E-state index contributed by atoms with van der Waals surface area (Å²) in [6.45, 7) is 3.70. The minimum Gasteiger partial charge on any atom is -0.492 e. The maximum atomic E-state index is 13.7. The van der Waals surface area contributed by atoms with Crippen molar-refractivity contribution in [2.24, 2.45) is 0 Å². The molecule has 0 N–H and O–H groups in total. The van der Waals surface area contributed by atoms with Crippen molar-refractivity contribution < 1.29 is 19.0 Å². The summed E-state index contributed by atoms with van der Waals surface area (Å²) in [4.78, 5) is 20.2. The van der Waals surface area contributed by atoms with E-state index in [2.05, 4.69) is 0 Å². The molecule has 174 valence electrons. The lowest BCUT2D eigenvalue weighted by Crippen LogP contribution is -2.37. The first kappa shape index (κ1) is 22.4. The lowest BCUT2D eigenvalue weighted by atomic mass is 10.1. The lowest BCUT2D eigenvalue weighted by molar-refractivity contribution is 0.0917. The number of benzene rings is 3. The highest BCUT2D eigenvalue weighted by Crippen LogP contribution is 2.35. The Kier molecular flexibility index (Phi) is 6.74. The zero-order valence-corrected chi connectivity index (χ0v) is 19.8. The minimum absolute atomic E-state index is 0.00279. The van der Waals surface area contributed by atoms with Crippen LogP contribution in [0.15, 0.2) is 72.8 Å². The Labute approximate surface area is 202 Å². The maximum absolute atomic E-state index is 13.7. The second-order valence-corrected chi connectivity index (χ2v) is 9.03. The van der Waals surface area contributed by atoms with Gasteiger partial charge in [-0.2, -0.15) is 0 Å². The van der Waals surface area contributed by atoms with Gasteiger partial charge in [-0.15, -0.1) is 0 Å². The van der Waals surface area contributed by atoms with Gasteiger partial charge in [-0.1, -0.05) is 35.6 Å². The second-order valence-electron chi connectivity index (χ2n) is 8.02. The Morgan fingerprint density at radius 1 is 1.06 bits per heavy atom. The molecule has 1 aliphatic heterocycles. The van der Waals surface area contributed by atoms with Gasteiger partial charge in [-0.3, -0.25) is 9.69 Å². The van der Waals surface area contributed by atoms with Gasteiger partial charge in [0.2, 0.25) is 0 Å². The summed E-state index contributed by atoms with van der Waals surface area (Å²) in [6.07, 6.45) is 1.94. The number of fused-ring (bicyclic) bond motifs is 1. The number of ether oxygens (including phenoxy) is 3. The quantitative estimate of drug-likeness (QED) is 0.299. The van der Waals surface area contributed by atoms with Crippen LogP contribution < -0.4 is 14.4 Å². The fourth-order valence-corrected chi connectivity index (χ4v) is 4.98. The van der Waals surface area contributed by atoms with Crippen molar-refractivity contribution in [3.8, 4) is 17.2 Å². The smallest absolute Gasteiger partial charge is 0.260 e. The molecule has 1 amide bonds. The molecule has 4 aromatic rings. The molecule has 6 nitrogen and oxygen atoms in total. The van der Waals surface area contributed by atoms with Crippen LogP contribution in [0, 0.1) is 0 Å². The molecule has 2 heterocycles. The Balaban J connectivity index is 1.43. The average molecular weight is 475 g/mol. The van der Waals surface area contributed by atoms with Crippen molar-refractivity contribution in [1.29, 1.82) is 0 Å². The summed E-state index contributed by atoms with van der Waals surface area (Å²) in [5.41, 5.74) is 1.35. The SMILES string of the molecule is CCOc1cccc2sc(N(CC3CCCO3)C(=O)c3ccc(Oc4ccccc4)cc3)nc12. The molecule has 0 radical (unpaired) electrons. The fourth-order valence-electron chi connectivity index (χ4n) is 3.98. The van der Waals surface area contributed by atoms with Gasteiger partial charge in [0.05, 0.1) is 24.0 Å². The first-order valence-corrected chi connectivity index (χ1v) is 12.3. The number of aromatic nitrogens is 1. The van der Waals surface area contributed by atoms with E-state index in [1.807, 2.05) is 67.6 Å². The summed E-state index contributed by atoms with van der Waals surface area (Å²) >= 11 is 1.49. The molecule has 0 bridgehead atoms. The van der Waals surface area contributed by atoms with E-state index in [1.165, 1.54) is 11.3 Å². The number of amides is 1. The molecule has 34 heavy (non-hydrogen) atoms. The van der Waals surface area contributed by atoms with Gasteiger partial charge in [0.15, 0.2) is 5.13 Å². The molecule has 0 aliphatic carbocycles. The van der Waals surface area contributed by atoms with Gasteiger partial charge >= 0.3 is 0 Å². The van der Waals surface area contributed by atoms with Crippen molar-refractivity contribution >= 4 is 32.6 Å². The highest BCUT2D eigenvalue weighted by molar-refractivity contribution is 7.22. The summed E-state index contributed by atoms with van der Waals surface area (Å²) < 4.78 is 18.5. The zero-order valence-electron chi connectivity index (χ0n) is 19.0. The number of rotatable bonds is 8. The number of hydrogen-bond donors (Lipinski definition) is 0. The van der Waals surface area contributed by atoms with E-state index in [1.54, 1.807) is 17.0 Å². The van der Waals surface area contributed by atoms with Crippen LogP contribution >= 0.6 is 11.3 Å². The Morgan fingerprint density at radius 2 is 1.85 bits per heavy atom. The average Bonchev–Trinajstić information content (AvgIpc) is 3.54. The Morgan fingerprint density at radius 3 is 2.59 bits per heavy atom. The van der Waals surface area contributed by atoms with E-state index in [4.69, 9.17) is 19.2 Å². The largest absolute Gasteiger partial charge is 0.492 e. The number of para-hydroxylation sites is 2. The van der Waals surface area contributed by atoms with Crippen LogP contribution in [0.3, 0.4) is 0 Å². The van der Waals surface area contributed by atoms with Crippen molar-refractivity contribution in [3.63, 3.8) is 0 Å². The second kappa shape index (κ2) is 10.2. The molecule has 0 spiro atoms. The molecule has 1 fully saturated rings. The molecule has 7 heteroatoms. The van der Waals surface area contributed by atoms with Crippen LogP contribution in [0.2, 0.25) is 0 Å². The van der Waals surface area contributed by atoms with Gasteiger partial charge < -0.3 is 14.2 Å². The van der Waals surface area contributed by atoms with Crippen LogP contribution in [0.25, 0.3) is 10.2 Å².